The van der Waals surface area contributed by atoms with Gasteiger partial charge in [-0.3, -0.25) is 0 Å². The third-order valence-corrected chi connectivity index (χ3v) is 1.63. The standard InChI is InChI=1S/C6H12.C4H9N.C2H6/c1-4-5-6(2)3;1-2-4-5-3-1;1-2/h2,4-5H2,1,3H3;5H,1-4H2;1-2H3. The summed E-state index contributed by atoms with van der Waals surface area (Å²) in [5, 5.41) is 3.22. The highest BCUT2D eigenvalue weighted by Crippen LogP contribution is 1.96. The van der Waals surface area contributed by atoms with Crippen molar-refractivity contribution in [1.82, 2.24) is 5.32 Å². The Kier molecular flexibility index (Phi) is 16.6. The van der Waals surface area contributed by atoms with E-state index in [0.29, 0.717) is 0 Å². The van der Waals surface area contributed by atoms with Gasteiger partial charge in [-0.25, -0.2) is 0 Å². The Morgan fingerprint density at radius 2 is 1.69 bits per heavy atom. The van der Waals surface area contributed by atoms with Gasteiger partial charge in [0.2, 0.25) is 0 Å². The summed E-state index contributed by atoms with van der Waals surface area (Å²) in [7, 11) is 0. The molecule has 0 aromatic carbocycles. The van der Waals surface area contributed by atoms with Crippen molar-refractivity contribution in [2.45, 2.75) is 53.4 Å². The van der Waals surface area contributed by atoms with Crippen molar-refractivity contribution in [3.63, 3.8) is 0 Å². The van der Waals surface area contributed by atoms with Gasteiger partial charge in [-0.2, -0.15) is 0 Å². The van der Waals surface area contributed by atoms with E-state index in [2.05, 4.69) is 25.7 Å². The lowest BCUT2D eigenvalue weighted by Crippen LogP contribution is -2.03. The molecule has 0 atom stereocenters. The second kappa shape index (κ2) is 14.2. The zero-order valence-corrected chi connectivity index (χ0v) is 9.95. The molecule has 80 valence electrons. The van der Waals surface area contributed by atoms with Crippen LogP contribution in [-0.4, -0.2) is 13.1 Å². The third kappa shape index (κ3) is 18.6. The molecule has 0 bridgehead atoms. The van der Waals surface area contributed by atoms with Crippen molar-refractivity contribution in [3.05, 3.63) is 12.2 Å². The Bertz CT molecular complexity index is 85.7. The Labute approximate surface area is 84.6 Å². The molecule has 1 heteroatoms. The molecule has 1 aliphatic rings. The van der Waals surface area contributed by atoms with Crippen LogP contribution >= 0.6 is 0 Å². The lowest BCUT2D eigenvalue weighted by Gasteiger charge is -1.87. The van der Waals surface area contributed by atoms with Crippen LogP contribution in [0.2, 0.25) is 0 Å². The lowest BCUT2D eigenvalue weighted by molar-refractivity contribution is 0.857. The molecule has 1 fully saturated rings. The second-order valence-electron chi connectivity index (χ2n) is 3.16. The highest BCUT2D eigenvalue weighted by Gasteiger charge is 1.93. The summed E-state index contributed by atoms with van der Waals surface area (Å²) in [6.07, 6.45) is 5.19. The predicted octanol–water partition coefficient (Wildman–Crippen LogP) is 3.76. The van der Waals surface area contributed by atoms with Crippen molar-refractivity contribution in [2.24, 2.45) is 0 Å². The van der Waals surface area contributed by atoms with E-state index in [1.807, 2.05) is 13.8 Å². The summed E-state index contributed by atoms with van der Waals surface area (Å²) in [6, 6.07) is 0. The molecule has 0 amide bonds. The molecular weight excluding hydrogens is 158 g/mol. The van der Waals surface area contributed by atoms with Crippen molar-refractivity contribution in [1.29, 1.82) is 0 Å². The van der Waals surface area contributed by atoms with Crippen LogP contribution in [0.5, 0.6) is 0 Å². The highest BCUT2D eigenvalue weighted by atomic mass is 14.9. The van der Waals surface area contributed by atoms with Gasteiger partial charge in [-0.1, -0.05) is 32.8 Å². The van der Waals surface area contributed by atoms with E-state index in [1.165, 1.54) is 44.3 Å². The van der Waals surface area contributed by atoms with E-state index < -0.39 is 0 Å². The highest BCUT2D eigenvalue weighted by molar-refractivity contribution is 4.86. The Hall–Kier alpha value is -0.300. The fourth-order valence-corrected chi connectivity index (χ4v) is 1.05. The molecule has 0 aliphatic carbocycles. The van der Waals surface area contributed by atoms with E-state index >= 15 is 0 Å². The fraction of sp³-hybridized carbons (Fsp3) is 0.833. The molecule has 1 rings (SSSR count). The number of nitrogens with one attached hydrogen (secondary N) is 1. The number of hydrogen-bond acceptors (Lipinski definition) is 1. The molecule has 1 nitrogen and oxygen atoms in total. The minimum absolute atomic E-state index is 1.18. The monoisotopic (exact) mass is 185 g/mol. The molecule has 0 spiro atoms. The van der Waals surface area contributed by atoms with Gasteiger partial charge in [-0.05, 0) is 39.3 Å². The minimum Gasteiger partial charge on any atom is -0.317 e. The van der Waals surface area contributed by atoms with Gasteiger partial charge in [0.1, 0.15) is 0 Å². The SMILES string of the molecule is C1CCNC1.C=C(C)CCC.CC. The Balaban J connectivity index is 0. The lowest BCUT2D eigenvalue weighted by atomic mass is 10.2. The number of allylic oxidation sites excluding steroid dienone is 1. The maximum absolute atomic E-state index is 3.74. The predicted molar refractivity (Wildman–Crippen MR) is 63.2 cm³/mol. The van der Waals surface area contributed by atoms with Gasteiger partial charge < -0.3 is 5.32 Å². The molecule has 0 radical (unpaired) electrons. The average molecular weight is 185 g/mol. The molecule has 0 saturated carbocycles. The van der Waals surface area contributed by atoms with Gasteiger partial charge in [0, 0.05) is 0 Å². The minimum atomic E-state index is 1.18. The van der Waals surface area contributed by atoms with E-state index in [-0.39, 0.29) is 0 Å². The summed E-state index contributed by atoms with van der Waals surface area (Å²) in [6.45, 7) is 14.5. The summed E-state index contributed by atoms with van der Waals surface area (Å²) in [5.74, 6) is 0. The molecule has 1 N–H and O–H groups in total. The molecule has 1 aliphatic heterocycles. The normalized spacial score (nSPS) is 13.5. The van der Waals surface area contributed by atoms with Crippen molar-refractivity contribution < 1.29 is 0 Å². The smallest absolute Gasteiger partial charge is 0.00484 e. The van der Waals surface area contributed by atoms with E-state index in [1.54, 1.807) is 0 Å². The second-order valence-corrected chi connectivity index (χ2v) is 3.16. The topological polar surface area (TPSA) is 12.0 Å². The summed E-state index contributed by atoms with van der Waals surface area (Å²) >= 11 is 0. The first-order valence-electron chi connectivity index (χ1n) is 5.62. The van der Waals surface area contributed by atoms with Crippen LogP contribution in [0, 0.1) is 0 Å². The zero-order chi connectivity index (χ0) is 10.5. The van der Waals surface area contributed by atoms with E-state index in [9.17, 15) is 0 Å². The summed E-state index contributed by atoms with van der Waals surface area (Å²) < 4.78 is 0. The molecule has 0 aromatic rings. The maximum Gasteiger partial charge on any atom is -0.00484 e. The molecule has 1 saturated heterocycles. The summed E-state index contributed by atoms with van der Waals surface area (Å²) in [4.78, 5) is 0. The average Bonchev–Trinajstić information content (AvgIpc) is 2.64. The van der Waals surface area contributed by atoms with Crippen LogP contribution in [0.4, 0.5) is 0 Å². The van der Waals surface area contributed by atoms with Crippen molar-refractivity contribution in [2.75, 3.05) is 13.1 Å². The van der Waals surface area contributed by atoms with Gasteiger partial charge in [0.05, 0.1) is 0 Å². The van der Waals surface area contributed by atoms with Crippen molar-refractivity contribution in [3.8, 4) is 0 Å². The van der Waals surface area contributed by atoms with Crippen LogP contribution in [0.3, 0.4) is 0 Å². The van der Waals surface area contributed by atoms with Gasteiger partial charge in [-0.15, -0.1) is 6.58 Å². The zero-order valence-electron chi connectivity index (χ0n) is 9.95. The molecule has 13 heavy (non-hydrogen) atoms. The maximum atomic E-state index is 3.74. The Morgan fingerprint density at radius 3 is 1.77 bits per heavy atom. The van der Waals surface area contributed by atoms with Crippen LogP contribution in [0.15, 0.2) is 12.2 Å². The Morgan fingerprint density at radius 1 is 1.23 bits per heavy atom. The first-order valence-corrected chi connectivity index (χ1v) is 5.62. The van der Waals surface area contributed by atoms with Crippen LogP contribution in [-0.2, 0) is 0 Å². The van der Waals surface area contributed by atoms with Crippen LogP contribution in [0.1, 0.15) is 53.4 Å². The van der Waals surface area contributed by atoms with Crippen molar-refractivity contribution >= 4 is 0 Å². The first kappa shape index (κ1) is 15.2. The first-order chi connectivity index (χ1) is 6.27. The van der Waals surface area contributed by atoms with Crippen LogP contribution < -0.4 is 5.32 Å². The third-order valence-electron chi connectivity index (χ3n) is 1.63. The molecule has 0 unspecified atom stereocenters. The largest absolute Gasteiger partial charge is 0.317 e. The van der Waals surface area contributed by atoms with Gasteiger partial charge in [0.15, 0.2) is 0 Å². The van der Waals surface area contributed by atoms with Crippen LogP contribution in [0.25, 0.3) is 0 Å². The van der Waals surface area contributed by atoms with Gasteiger partial charge in [0.25, 0.3) is 0 Å². The number of hydrogen-bond donors (Lipinski definition) is 1. The molecule has 1 heterocycles. The van der Waals surface area contributed by atoms with E-state index in [0.717, 1.165) is 0 Å². The summed E-state index contributed by atoms with van der Waals surface area (Å²) in [5.41, 5.74) is 1.29. The molecular formula is C12H27N. The van der Waals surface area contributed by atoms with Gasteiger partial charge >= 0.3 is 0 Å². The quantitative estimate of drug-likeness (QED) is 0.646. The van der Waals surface area contributed by atoms with E-state index in [4.69, 9.17) is 0 Å². The molecule has 0 aromatic heterocycles. The number of rotatable bonds is 2. The fourth-order valence-electron chi connectivity index (χ4n) is 1.05.